The first-order chi connectivity index (χ1) is 8.41. The van der Waals surface area contributed by atoms with Gasteiger partial charge in [-0.2, -0.15) is 0 Å². The third-order valence-corrected chi connectivity index (χ3v) is 4.29. The molecule has 0 heterocycles. The molecular formula is C15H28N2O. The highest BCUT2D eigenvalue weighted by atomic mass is 16.5. The van der Waals surface area contributed by atoms with Crippen molar-refractivity contribution in [2.75, 3.05) is 26.2 Å². The van der Waals surface area contributed by atoms with E-state index in [1.165, 1.54) is 0 Å². The predicted octanol–water partition coefficient (Wildman–Crippen LogP) is 2.19. The number of nitrogens with zero attached hydrogens (tertiary/aromatic N) is 1. The number of nitrogens with two attached hydrogens (primary N) is 1. The third kappa shape index (κ3) is 2.85. The maximum atomic E-state index is 6.57. The second-order valence-electron chi connectivity index (χ2n) is 5.80. The normalized spacial score (nSPS) is 29.9. The average molecular weight is 252 g/mol. The highest BCUT2D eigenvalue weighted by molar-refractivity contribution is 5.15. The van der Waals surface area contributed by atoms with Crippen molar-refractivity contribution in [3.8, 4) is 0 Å². The van der Waals surface area contributed by atoms with Gasteiger partial charge in [0.1, 0.15) is 0 Å². The lowest BCUT2D eigenvalue weighted by atomic mass is 9.54. The predicted molar refractivity (Wildman–Crippen MR) is 77.6 cm³/mol. The van der Waals surface area contributed by atoms with Gasteiger partial charge in [-0.15, -0.1) is 13.2 Å². The zero-order chi connectivity index (χ0) is 13.8. The van der Waals surface area contributed by atoms with Gasteiger partial charge < -0.3 is 10.5 Å². The molecule has 1 saturated carbocycles. The summed E-state index contributed by atoms with van der Waals surface area (Å²) in [7, 11) is 0. The van der Waals surface area contributed by atoms with Gasteiger partial charge in [-0.1, -0.05) is 26.0 Å². The van der Waals surface area contributed by atoms with Crippen molar-refractivity contribution in [3.05, 3.63) is 25.3 Å². The van der Waals surface area contributed by atoms with E-state index in [1.807, 2.05) is 19.1 Å². The van der Waals surface area contributed by atoms with E-state index in [4.69, 9.17) is 10.5 Å². The molecule has 0 radical (unpaired) electrons. The molecule has 2 N–H and O–H groups in total. The maximum absolute atomic E-state index is 6.57. The smallest absolute Gasteiger partial charge is 0.0662 e. The Kier molecular flexibility index (Phi) is 5.14. The average Bonchev–Trinajstić information content (AvgIpc) is 2.29. The highest BCUT2D eigenvalue weighted by Crippen LogP contribution is 2.50. The minimum atomic E-state index is -0.182. The molecule has 0 amide bonds. The fraction of sp³-hybridized carbons (Fsp3) is 0.733. The minimum absolute atomic E-state index is 0.0175. The Morgan fingerprint density at radius 2 is 1.89 bits per heavy atom. The van der Waals surface area contributed by atoms with Gasteiger partial charge in [0, 0.05) is 37.2 Å². The molecule has 0 spiro atoms. The van der Waals surface area contributed by atoms with Crippen molar-refractivity contribution < 1.29 is 4.74 Å². The van der Waals surface area contributed by atoms with E-state index in [0.29, 0.717) is 0 Å². The van der Waals surface area contributed by atoms with Gasteiger partial charge in [0.05, 0.1) is 6.10 Å². The van der Waals surface area contributed by atoms with Crippen molar-refractivity contribution in [1.29, 1.82) is 0 Å². The monoisotopic (exact) mass is 252 g/mol. The summed E-state index contributed by atoms with van der Waals surface area (Å²) in [6.45, 7) is 17.4. The van der Waals surface area contributed by atoms with E-state index in [1.54, 1.807) is 0 Å². The van der Waals surface area contributed by atoms with Crippen LogP contribution < -0.4 is 5.73 Å². The fourth-order valence-corrected chi connectivity index (χ4v) is 2.74. The minimum Gasteiger partial charge on any atom is -0.378 e. The number of hydrogen-bond acceptors (Lipinski definition) is 3. The van der Waals surface area contributed by atoms with E-state index in [9.17, 15) is 0 Å². The van der Waals surface area contributed by atoms with E-state index < -0.39 is 0 Å². The second-order valence-corrected chi connectivity index (χ2v) is 5.80. The Morgan fingerprint density at radius 1 is 1.33 bits per heavy atom. The summed E-state index contributed by atoms with van der Waals surface area (Å²) in [6, 6.07) is 0. The largest absolute Gasteiger partial charge is 0.378 e. The van der Waals surface area contributed by atoms with Crippen LogP contribution >= 0.6 is 0 Å². The third-order valence-electron chi connectivity index (χ3n) is 4.29. The first-order valence-electron chi connectivity index (χ1n) is 6.76. The molecule has 0 saturated heterocycles. The van der Waals surface area contributed by atoms with Crippen molar-refractivity contribution >= 4 is 0 Å². The van der Waals surface area contributed by atoms with Gasteiger partial charge in [0.2, 0.25) is 0 Å². The summed E-state index contributed by atoms with van der Waals surface area (Å²) in [5, 5.41) is 0. The summed E-state index contributed by atoms with van der Waals surface area (Å²) in [5.74, 6) is 0. The Morgan fingerprint density at radius 3 is 2.28 bits per heavy atom. The summed E-state index contributed by atoms with van der Waals surface area (Å²) in [6.07, 6.45) is 5.04. The standard InChI is InChI=1S/C15H28N2O/c1-6-9-17(10-7-2)12-15(16)11-13(18-8-3)14(15,4)5/h6-7,13H,1-2,8-12,16H2,3-5H3. The molecule has 18 heavy (non-hydrogen) atoms. The van der Waals surface area contributed by atoms with Crippen LogP contribution in [-0.2, 0) is 4.74 Å². The lowest BCUT2D eigenvalue weighted by Crippen LogP contribution is -2.73. The van der Waals surface area contributed by atoms with E-state index in [0.717, 1.165) is 32.7 Å². The Balaban J connectivity index is 2.65. The topological polar surface area (TPSA) is 38.5 Å². The van der Waals surface area contributed by atoms with Crippen molar-refractivity contribution in [2.45, 2.75) is 38.8 Å². The summed E-state index contributed by atoms with van der Waals surface area (Å²) < 4.78 is 5.75. The van der Waals surface area contributed by atoms with Gasteiger partial charge in [0.25, 0.3) is 0 Å². The van der Waals surface area contributed by atoms with Gasteiger partial charge in [-0.05, 0) is 13.3 Å². The van der Waals surface area contributed by atoms with Crippen molar-refractivity contribution in [1.82, 2.24) is 4.90 Å². The van der Waals surface area contributed by atoms with Gasteiger partial charge in [-0.3, -0.25) is 4.90 Å². The van der Waals surface area contributed by atoms with E-state index in [2.05, 4.69) is 31.9 Å². The second kappa shape index (κ2) is 6.00. The van der Waals surface area contributed by atoms with Crippen LogP contribution in [0.4, 0.5) is 0 Å². The zero-order valence-corrected chi connectivity index (χ0v) is 12.1. The lowest BCUT2D eigenvalue weighted by molar-refractivity contribution is -0.155. The van der Waals surface area contributed by atoms with Crippen LogP contribution in [0, 0.1) is 5.41 Å². The first kappa shape index (κ1) is 15.4. The van der Waals surface area contributed by atoms with E-state index >= 15 is 0 Å². The van der Waals surface area contributed by atoms with E-state index in [-0.39, 0.29) is 17.1 Å². The molecule has 0 aromatic carbocycles. The van der Waals surface area contributed by atoms with Gasteiger partial charge in [0.15, 0.2) is 0 Å². The molecule has 104 valence electrons. The number of hydrogen-bond donors (Lipinski definition) is 1. The molecular weight excluding hydrogens is 224 g/mol. The Bertz CT molecular complexity index is 291. The van der Waals surface area contributed by atoms with Crippen LogP contribution in [0.15, 0.2) is 25.3 Å². The van der Waals surface area contributed by atoms with Crippen molar-refractivity contribution in [2.24, 2.45) is 11.1 Å². The van der Waals surface area contributed by atoms with Crippen LogP contribution in [0.2, 0.25) is 0 Å². The van der Waals surface area contributed by atoms with Gasteiger partial charge >= 0.3 is 0 Å². The molecule has 1 aliphatic rings. The van der Waals surface area contributed by atoms with Crippen LogP contribution in [-0.4, -0.2) is 42.8 Å². The summed E-state index contributed by atoms with van der Waals surface area (Å²) in [5.41, 5.74) is 6.41. The number of ether oxygens (including phenoxy) is 1. The molecule has 2 unspecified atom stereocenters. The SMILES string of the molecule is C=CCN(CC=C)CC1(N)CC(OCC)C1(C)C. The molecule has 1 rings (SSSR count). The first-order valence-corrected chi connectivity index (χ1v) is 6.76. The Hall–Kier alpha value is -0.640. The molecule has 1 fully saturated rings. The quantitative estimate of drug-likeness (QED) is 0.673. The molecule has 3 heteroatoms. The van der Waals surface area contributed by atoms with Crippen LogP contribution in [0.1, 0.15) is 27.2 Å². The molecule has 0 aromatic rings. The fourth-order valence-electron chi connectivity index (χ4n) is 2.74. The van der Waals surface area contributed by atoms with Crippen LogP contribution in [0.5, 0.6) is 0 Å². The summed E-state index contributed by atoms with van der Waals surface area (Å²) in [4.78, 5) is 2.28. The van der Waals surface area contributed by atoms with Crippen LogP contribution in [0.25, 0.3) is 0 Å². The van der Waals surface area contributed by atoms with Crippen molar-refractivity contribution in [3.63, 3.8) is 0 Å². The molecule has 0 bridgehead atoms. The zero-order valence-electron chi connectivity index (χ0n) is 12.1. The highest BCUT2D eigenvalue weighted by Gasteiger charge is 2.58. The number of rotatable bonds is 8. The summed E-state index contributed by atoms with van der Waals surface area (Å²) >= 11 is 0. The molecule has 2 atom stereocenters. The molecule has 0 aliphatic heterocycles. The Labute approximate surface area is 112 Å². The molecule has 3 nitrogen and oxygen atoms in total. The van der Waals surface area contributed by atoms with Crippen LogP contribution in [0.3, 0.4) is 0 Å². The maximum Gasteiger partial charge on any atom is 0.0662 e. The lowest BCUT2D eigenvalue weighted by Gasteiger charge is -2.60. The molecule has 1 aliphatic carbocycles. The van der Waals surface area contributed by atoms with Gasteiger partial charge in [-0.25, -0.2) is 0 Å². The molecule has 0 aromatic heterocycles.